The molecule has 0 bridgehead atoms. The van der Waals surface area contributed by atoms with Gasteiger partial charge >= 0.3 is 0 Å². The number of aryl methyl sites for hydroxylation is 1. The summed E-state index contributed by atoms with van der Waals surface area (Å²) < 4.78 is 13.8. The topological polar surface area (TPSA) is 70.3 Å². The van der Waals surface area contributed by atoms with Gasteiger partial charge in [-0.3, -0.25) is 5.84 Å². The Hall–Kier alpha value is -1.27. The average Bonchev–Trinajstić information content (AvgIpc) is 2.22. The lowest BCUT2D eigenvalue weighted by Crippen LogP contribution is -2.32. The maximum absolute atomic E-state index is 13.8. The Bertz CT molecular complexity index is 418. The molecule has 4 nitrogen and oxygen atoms in total. The van der Waals surface area contributed by atoms with E-state index in [-0.39, 0.29) is 5.82 Å². The molecule has 0 atom stereocenters. The Morgan fingerprint density at radius 1 is 1.53 bits per heavy atom. The quantitative estimate of drug-likeness (QED) is 0.335. The zero-order chi connectivity index (χ0) is 13.2. The Morgan fingerprint density at radius 3 is 2.59 bits per heavy atom. The predicted octanol–water partition coefficient (Wildman–Crippen LogP) is -0.139. The number of aliphatic hydroxyl groups is 1. The fourth-order valence-corrected chi connectivity index (χ4v) is 1.61. The number of hydrogen-bond acceptors (Lipinski definition) is 4. The number of nitrogen functional groups attached to an aromatic ring is 1. The van der Waals surface area contributed by atoms with E-state index >= 15 is 0 Å². The van der Waals surface area contributed by atoms with Crippen LogP contribution in [0, 0.1) is 12.7 Å². The summed E-state index contributed by atoms with van der Waals surface area (Å²) in [6.45, 7) is 5.35. The Morgan fingerprint density at radius 2 is 2.12 bits per heavy atom. The molecule has 0 aromatic heterocycles. The molecule has 0 aliphatic carbocycles. The van der Waals surface area contributed by atoms with E-state index in [0.717, 1.165) is 0 Å². The van der Waals surface area contributed by atoms with E-state index in [9.17, 15) is 9.50 Å². The second-order valence-electron chi connectivity index (χ2n) is 4.87. The first-order valence-electron chi connectivity index (χ1n) is 5.49. The van der Waals surface area contributed by atoms with Gasteiger partial charge in [-0.05, 0) is 37.9 Å². The van der Waals surface area contributed by atoms with Crippen molar-refractivity contribution in [3.8, 4) is 0 Å². The Kier molecular flexibility index (Phi) is 4.01. The molecule has 0 saturated heterocycles. The summed E-state index contributed by atoms with van der Waals surface area (Å²) in [5, 5.41) is 12.7. The standard InChI is InChI=1S/C11H19BFN3O/c1-6-4-7(16-14)10(8(12)9(6)13)15-5-11(2,3)17/h4,15-17H,5,12,14H2,1-3H3. The van der Waals surface area contributed by atoms with Gasteiger partial charge in [-0.25, -0.2) is 4.39 Å². The highest BCUT2D eigenvalue weighted by atomic mass is 19.1. The smallest absolute Gasteiger partial charge is 0.146 e. The van der Waals surface area contributed by atoms with Gasteiger partial charge < -0.3 is 15.8 Å². The van der Waals surface area contributed by atoms with Gasteiger partial charge in [-0.15, -0.1) is 0 Å². The van der Waals surface area contributed by atoms with Crippen molar-refractivity contribution in [2.24, 2.45) is 5.84 Å². The van der Waals surface area contributed by atoms with Crippen molar-refractivity contribution in [1.82, 2.24) is 0 Å². The van der Waals surface area contributed by atoms with Crippen molar-refractivity contribution in [1.29, 1.82) is 0 Å². The number of anilines is 2. The average molecular weight is 239 g/mol. The molecule has 94 valence electrons. The molecule has 17 heavy (non-hydrogen) atoms. The van der Waals surface area contributed by atoms with E-state index in [0.29, 0.717) is 28.9 Å². The highest BCUT2D eigenvalue weighted by Gasteiger charge is 2.16. The number of benzene rings is 1. The minimum absolute atomic E-state index is 0.262. The molecule has 1 aromatic carbocycles. The molecule has 1 rings (SSSR count). The molecule has 0 heterocycles. The van der Waals surface area contributed by atoms with Gasteiger partial charge in [-0.2, -0.15) is 0 Å². The van der Waals surface area contributed by atoms with Crippen molar-refractivity contribution < 1.29 is 9.50 Å². The predicted molar refractivity (Wildman–Crippen MR) is 71.9 cm³/mol. The van der Waals surface area contributed by atoms with Crippen LogP contribution in [0.3, 0.4) is 0 Å². The number of halogens is 1. The molecule has 0 unspecified atom stereocenters. The van der Waals surface area contributed by atoms with E-state index < -0.39 is 5.60 Å². The first-order chi connectivity index (χ1) is 7.76. The lowest BCUT2D eigenvalue weighted by Gasteiger charge is -2.22. The van der Waals surface area contributed by atoms with Gasteiger partial charge in [0.15, 0.2) is 0 Å². The van der Waals surface area contributed by atoms with Crippen LogP contribution in [-0.4, -0.2) is 25.1 Å². The fourth-order valence-electron chi connectivity index (χ4n) is 1.61. The highest BCUT2D eigenvalue weighted by Crippen LogP contribution is 2.22. The van der Waals surface area contributed by atoms with E-state index in [1.807, 2.05) is 0 Å². The van der Waals surface area contributed by atoms with Gasteiger partial charge in [0.1, 0.15) is 13.7 Å². The number of rotatable bonds is 4. The van der Waals surface area contributed by atoms with E-state index in [2.05, 4.69) is 10.7 Å². The van der Waals surface area contributed by atoms with Gasteiger partial charge in [0, 0.05) is 6.54 Å². The third-order valence-electron chi connectivity index (χ3n) is 2.53. The molecule has 5 N–H and O–H groups in total. The maximum atomic E-state index is 13.8. The van der Waals surface area contributed by atoms with Crippen LogP contribution >= 0.6 is 0 Å². The summed E-state index contributed by atoms with van der Waals surface area (Å²) in [5.41, 5.74) is 3.87. The van der Waals surface area contributed by atoms with E-state index in [1.54, 1.807) is 34.7 Å². The molecule has 1 aromatic rings. The molecular weight excluding hydrogens is 220 g/mol. The summed E-state index contributed by atoms with van der Waals surface area (Å²) >= 11 is 0. The summed E-state index contributed by atoms with van der Waals surface area (Å²) in [6, 6.07) is 1.63. The van der Waals surface area contributed by atoms with Crippen LogP contribution in [0.15, 0.2) is 6.07 Å². The molecule has 0 fully saturated rings. The van der Waals surface area contributed by atoms with Crippen molar-refractivity contribution in [3.05, 3.63) is 17.4 Å². The molecular formula is C11H19BFN3O. The number of nitrogens with one attached hydrogen (secondary N) is 2. The second-order valence-corrected chi connectivity index (χ2v) is 4.87. The van der Waals surface area contributed by atoms with Gasteiger partial charge in [-0.1, -0.05) is 0 Å². The first kappa shape index (κ1) is 13.8. The van der Waals surface area contributed by atoms with Crippen LogP contribution < -0.4 is 22.0 Å². The highest BCUT2D eigenvalue weighted by molar-refractivity contribution is 6.37. The lowest BCUT2D eigenvalue weighted by molar-refractivity contribution is 0.0945. The number of nitrogens with two attached hydrogens (primary N) is 1. The summed E-state index contributed by atoms with van der Waals surface area (Å²) in [7, 11) is 1.68. The largest absolute Gasteiger partial charge is 0.389 e. The normalized spacial score (nSPS) is 11.4. The van der Waals surface area contributed by atoms with Crippen LogP contribution in [0.2, 0.25) is 0 Å². The monoisotopic (exact) mass is 239 g/mol. The minimum Gasteiger partial charge on any atom is -0.389 e. The van der Waals surface area contributed by atoms with Crippen molar-refractivity contribution in [2.45, 2.75) is 26.4 Å². The van der Waals surface area contributed by atoms with Crippen LogP contribution in [0.5, 0.6) is 0 Å². The molecule has 0 spiro atoms. The first-order valence-corrected chi connectivity index (χ1v) is 5.49. The number of hydrogen-bond donors (Lipinski definition) is 4. The van der Waals surface area contributed by atoms with E-state index in [1.165, 1.54) is 0 Å². The lowest BCUT2D eigenvalue weighted by atomic mass is 9.90. The molecule has 0 aliphatic rings. The zero-order valence-corrected chi connectivity index (χ0v) is 10.7. The third-order valence-corrected chi connectivity index (χ3v) is 2.53. The van der Waals surface area contributed by atoms with Crippen molar-refractivity contribution in [3.63, 3.8) is 0 Å². The fraction of sp³-hybridized carbons (Fsp3) is 0.455. The second kappa shape index (κ2) is 4.93. The van der Waals surface area contributed by atoms with Crippen molar-refractivity contribution >= 4 is 24.7 Å². The third kappa shape index (κ3) is 3.34. The molecule has 6 heteroatoms. The van der Waals surface area contributed by atoms with Crippen LogP contribution in [0.1, 0.15) is 19.4 Å². The molecule has 0 aliphatic heterocycles. The zero-order valence-electron chi connectivity index (χ0n) is 10.7. The number of hydrazine groups is 1. The maximum Gasteiger partial charge on any atom is 0.146 e. The molecule has 0 saturated carbocycles. The minimum atomic E-state index is -0.875. The van der Waals surface area contributed by atoms with Crippen LogP contribution in [0.25, 0.3) is 0 Å². The molecule has 0 amide bonds. The summed E-state index contributed by atoms with van der Waals surface area (Å²) in [6.07, 6.45) is 0. The van der Waals surface area contributed by atoms with Crippen molar-refractivity contribution in [2.75, 3.05) is 17.3 Å². The van der Waals surface area contributed by atoms with Gasteiger partial charge in [0.05, 0.1) is 17.0 Å². The SMILES string of the molecule is Bc1c(F)c(C)cc(NN)c1NCC(C)(C)O. The van der Waals surface area contributed by atoms with E-state index in [4.69, 9.17) is 5.84 Å². The summed E-state index contributed by atoms with van der Waals surface area (Å²) in [5.74, 6) is 5.14. The molecule has 0 radical (unpaired) electrons. The van der Waals surface area contributed by atoms with Crippen LogP contribution in [0.4, 0.5) is 15.8 Å². The summed E-state index contributed by atoms with van der Waals surface area (Å²) in [4.78, 5) is 0. The van der Waals surface area contributed by atoms with Gasteiger partial charge in [0.25, 0.3) is 0 Å². The van der Waals surface area contributed by atoms with Gasteiger partial charge in [0.2, 0.25) is 0 Å². The van der Waals surface area contributed by atoms with Crippen LogP contribution in [-0.2, 0) is 0 Å². The Labute approximate surface area is 102 Å². The Balaban J connectivity index is 3.09.